The highest BCUT2D eigenvalue weighted by atomic mass is 32.2. The molecule has 0 saturated heterocycles. The van der Waals surface area contributed by atoms with Crippen LogP contribution in [0.5, 0.6) is 0 Å². The molecule has 0 aliphatic rings. The van der Waals surface area contributed by atoms with Crippen molar-refractivity contribution in [2.45, 2.75) is 20.4 Å². The van der Waals surface area contributed by atoms with Gasteiger partial charge >= 0.3 is 6.03 Å². The van der Waals surface area contributed by atoms with E-state index in [0.717, 1.165) is 34.7 Å². The first-order chi connectivity index (χ1) is 14.2. The standard InChI is InChI=1S/C20H16N4OS4/c1-13-22-17(14-8-4-2-5-9-14)18(26-13)23-19(25)24-29-20-21-12-16(28-20)27-15-10-6-3-7-11-15/h2-12H,1H3,(H2,23,24,25). The average molecular weight is 457 g/mol. The van der Waals surface area contributed by atoms with Crippen molar-refractivity contribution in [1.82, 2.24) is 14.7 Å². The zero-order chi connectivity index (χ0) is 20.1. The van der Waals surface area contributed by atoms with Gasteiger partial charge in [0, 0.05) is 22.4 Å². The van der Waals surface area contributed by atoms with E-state index in [2.05, 4.69) is 32.1 Å². The van der Waals surface area contributed by atoms with Crippen molar-refractivity contribution in [2.24, 2.45) is 0 Å². The SMILES string of the molecule is Cc1nc(-c2ccccc2)c(NC(=O)NSc2ncc(Sc3ccccc3)s2)s1. The Bertz CT molecular complexity index is 1100. The summed E-state index contributed by atoms with van der Waals surface area (Å²) in [4.78, 5) is 22.5. The normalized spacial score (nSPS) is 10.7. The van der Waals surface area contributed by atoms with Crippen LogP contribution in [0.3, 0.4) is 0 Å². The van der Waals surface area contributed by atoms with Crippen molar-refractivity contribution in [3.8, 4) is 11.3 Å². The molecule has 0 saturated carbocycles. The predicted molar refractivity (Wildman–Crippen MR) is 123 cm³/mol. The van der Waals surface area contributed by atoms with E-state index in [1.54, 1.807) is 23.1 Å². The lowest BCUT2D eigenvalue weighted by atomic mass is 10.2. The summed E-state index contributed by atoms with van der Waals surface area (Å²) in [6.45, 7) is 1.93. The molecule has 2 N–H and O–H groups in total. The smallest absolute Gasteiger partial charge is 0.297 e. The van der Waals surface area contributed by atoms with Crippen LogP contribution in [0.2, 0.25) is 0 Å². The van der Waals surface area contributed by atoms with E-state index in [4.69, 9.17) is 0 Å². The number of anilines is 1. The minimum atomic E-state index is -0.303. The lowest BCUT2D eigenvalue weighted by Gasteiger charge is -2.05. The molecule has 0 radical (unpaired) electrons. The minimum absolute atomic E-state index is 0.303. The highest BCUT2D eigenvalue weighted by Gasteiger charge is 2.14. The Morgan fingerprint density at radius 1 is 1.00 bits per heavy atom. The molecule has 2 heterocycles. The third-order valence-electron chi connectivity index (χ3n) is 3.66. The molecular weight excluding hydrogens is 441 g/mol. The van der Waals surface area contributed by atoms with Gasteiger partial charge < -0.3 is 0 Å². The second-order valence-corrected chi connectivity index (χ2v) is 10.5. The first kappa shape index (κ1) is 20.0. The Morgan fingerprint density at radius 3 is 2.48 bits per heavy atom. The Kier molecular flexibility index (Phi) is 6.50. The third kappa shape index (κ3) is 5.39. The summed E-state index contributed by atoms with van der Waals surface area (Å²) in [5.74, 6) is 0. The van der Waals surface area contributed by atoms with Crippen LogP contribution in [0.15, 0.2) is 80.3 Å². The number of aromatic nitrogens is 2. The molecule has 2 aromatic heterocycles. The number of rotatable bonds is 6. The zero-order valence-corrected chi connectivity index (χ0v) is 18.6. The number of hydrogen-bond donors (Lipinski definition) is 2. The van der Waals surface area contributed by atoms with E-state index >= 15 is 0 Å². The second-order valence-electron chi connectivity index (χ2n) is 5.80. The maximum Gasteiger partial charge on any atom is 0.330 e. The number of carbonyl (C=O) groups excluding carboxylic acids is 1. The molecular formula is C20H16N4OS4. The quantitative estimate of drug-likeness (QED) is 0.322. The van der Waals surface area contributed by atoms with Gasteiger partial charge in [0.15, 0.2) is 4.34 Å². The average Bonchev–Trinajstić information content (AvgIpc) is 3.34. The van der Waals surface area contributed by atoms with Crippen LogP contribution in [0.25, 0.3) is 11.3 Å². The fraction of sp³-hybridized carbons (Fsp3) is 0.0500. The topological polar surface area (TPSA) is 66.9 Å². The lowest BCUT2D eigenvalue weighted by molar-refractivity contribution is 0.257. The van der Waals surface area contributed by atoms with Crippen molar-refractivity contribution >= 4 is 57.4 Å². The van der Waals surface area contributed by atoms with Crippen LogP contribution in [-0.2, 0) is 0 Å². The summed E-state index contributed by atoms with van der Waals surface area (Å²) >= 11 is 5.86. The maximum absolute atomic E-state index is 12.4. The van der Waals surface area contributed by atoms with Crippen molar-refractivity contribution in [1.29, 1.82) is 0 Å². The van der Waals surface area contributed by atoms with Gasteiger partial charge in [0.05, 0.1) is 15.4 Å². The minimum Gasteiger partial charge on any atom is -0.297 e. The third-order valence-corrected chi connectivity index (χ3v) is 7.52. The van der Waals surface area contributed by atoms with E-state index in [9.17, 15) is 4.79 Å². The molecule has 2 amide bonds. The van der Waals surface area contributed by atoms with Gasteiger partial charge in [-0.05, 0) is 19.1 Å². The monoisotopic (exact) mass is 456 g/mol. The molecule has 0 atom stereocenters. The van der Waals surface area contributed by atoms with Crippen LogP contribution >= 0.6 is 46.4 Å². The molecule has 0 aliphatic carbocycles. The van der Waals surface area contributed by atoms with Gasteiger partial charge in [0.25, 0.3) is 0 Å². The van der Waals surface area contributed by atoms with E-state index in [-0.39, 0.29) is 6.03 Å². The first-order valence-electron chi connectivity index (χ1n) is 8.63. The van der Waals surface area contributed by atoms with Crippen LogP contribution in [0.4, 0.5) is 9.80 Å². The molecule has 0 bridgehead atoms. The number of hydrogen-bond acceptors (Lipinski definition) is 7. The van der Waals surface area contributed by atoms with Crippen molar-refractivity contribution in [3.63, 3.8) is 0 Å². The molecule has 4 rings (SSSR count). The van der Waals surface area contributed by atoms with Crippen LogP contribution in [0, 0.1) is 6.92 Å². The fourth-order valence-corrected chi connectivity index (χ4v) is 6.06. The van der Waals surface area contributed by atoms with Crippen LogP contribution in [-0.4, -0.2) is 16.0 Å². The number of aryl methyl sites for hydroxylation is 1. The molecule has 29 heavy (non-hydrogen) atoms. The summed E-state index contributed by atoms with van der Waals surface area (Å²) in [5, 5.41) is 4.53. The summed E-state index contributed by atoms with van der Waals surface area (Å²) in [5.41, 5.74) is 1.76. The van der Waals surface area contributed by atoms with Crippen molar-refractivity contribution < 1.29 is 4.79 Å². The van der Waals surface area contributed by atoms with Gasteiger partial charge in [-0.1, -0.05) is 71.6 Å². The molecule has 0 aliphatic heterocycles. The first-order valence-corrected chi connectivity index (χ1v) is 11.9. The van der Waals surface area contributed by atoms with Crippen LogP contribution in [0.1, 0.15) is 5.01 Å². The summed E-state index contributed by atoms with van der Waals surface area (Å²) < 4.78 is 4.65. The van der Waals surface area contributed by atoms with Crippen LogP contribution < -0.4 is 10.0 Å². The summed E-state index contributed by atoms with van der Waals surface area (Å²) in [6.07, 6.45) is 1.82. The number of urea groups is 1. The number of thiazole rings is 2. The highest BCUT2D eigenvalue weighted by Crippen LogP contribution is 2.35. The highest BCUT2D eigenvalue weighted by molar-refractivity contribution is 8.02. The molecule has 0 unspecified atom stereocenters. The second kappa shape index (κ2) is 9.45. The van der Waals surface area contributed by atoms with Gasteiger partial charge in [-0.15, -0.1) is 11.3 Å². The van der Waals surface area contributed by atoms with Crippen molar-refractivity contribution in [2.75, 3.05) is 5.32 Å². The molecule has 9 heteroatoms. The summed E-state index contributed by atoms with van der Waals surface area (Å²) in [6, 6.07) is 19.7. The molecule has 0 fully saturated rings. The number of benzene rings is 2. The van der Waals surface area contributed by atoms with E-state index in [1.165, 1.54) is 23.3 Å². The van der Waals surface area contributed by atoms with Gasteiger partial charge in [-0.3, -0.25) is 10.0 Å². The van der Waals surface area contributed by atoms with Gasteiger partial charge in [0.1, 0.15) is 10.7 Å². The molecule has 2 aromatic carbocycles. The predicted octanol–water partition coefficient (Wildman–Crippen LogP) is 6.56. The lowest BCUT2D eigenvalue weighted by Crippen LogP contribution is -2.22. The Hall–Kier alpha value is -2.33. The largest absolute Gasteiger partial charge is 0.330 e. The number of carbonyl (C=O) groups is 1. The Morgan fingerprint density at radius 2 is 1.72 bits per heavy atom. The molecule has 146 valence electrons. The van der Waals surface area contributed by atoms with E-state index in [1.807, 2.05) is 61.7 Å². The molecule has 4 aromatic rings. The van der Waals surface area contributed by atoms with Crippen molar-refractivity contribution in [3.05, 3.63) is 71.9 Å². The van der Waals surface area contributed by atoms with E-state index in [0.29, 0.717) is 0 Å². The Balaban J connectivity index is 1.36. The number of nitrogens with one attached hydrogen (secondary N) is 2. The molecule has 0 spiro atoms. The Labute approximate surface area is 185 Å². The van der Waals surface area contributed by atoms with Gasteiger partial charge in [0.2, 0.25) is 0 Å². The number of amides is 2. The number of nitrogens with zero attached hydrogens (tertiary/aromatic N) is 2. The maximum atomic E-state index is 12.4. The van der Waals surface area contributed by atoms with E-state index < -0.39 is 0 Å². The zero-order valence-electron chi connectivity index (χ0n) is 15.3. The summed E-state index contributed by atoms with van der Waals surface area (Å²) in [7, 11) is 0. The van der Waals surface area contributed by atoms with Gasteiger partial charge in [-0.25, -0.2) is 14.8 Å². The van der Waals surface area contributed by atoms with Gasteiger partial charge in [-0.2, -0.15) is 0 Å². The fourth-order valence-electron chi connectivity index (χ4n) is 2.47. The molecule has 5 nitrogen and oxygen atoms in total.